The molecule has 0 radical (unpaired) electrons. The normalized spacial score (nSPS) is 26.3. The van der Waals surface area contributed by atoms with Gasteiger partial charge in [0.15, 0.2) is 0 Å². The fraction of sp³-hybridized carbons (Fsp3) is 0.455. The highest BCUT2D eigenvalue weighted by molar-refractivity contribution is 7.46. The molecule has 0 saturated carbocycles. The smallest absolute Gasteiger partial charge is 0.469 e. The van der Waals surface area contributed by atoms with E-state index in [1.54, 1.807) is 0 Å². The van der Waals surface area contributed by atoms with Gasteiger partial charge in [-0.3, -0.25) is 4.52 Å². The molecule has 1 aliphatic carbocycles. The van der Waals surface area contributed by atoms with Crippen molar-refractivity contribution in [3.05, 3.63) is 23.5 Å². The van der Waals surface area contributed by atoms with Crippen molar-refractivity contribution < 1.29 is 48.5 Å². The van der Waals surface area contributed by atoms with Gasteiger partial charge in [-0.2, -0.15) is 0 Å². The Hall–Kier alpha value is -1.71. The van der Waals surface area contributed by atoms with Crippen LogP contribution in [0.1, 0.15) is 13.3 Å². The number of allylic oxidation sites excluding steroid dienone is 1. The topological polar surface area (TPSA) is 171 Å². The lowest BCUT2D eigenvalue weighted by atomic mass is 9.92. The number of hydrogen-bond donors (Lipinski definition) is 5. The van der Waals surface area contributed by atoms with Crippen LogP contribution in [0, 0.1) is 0 Å². The molecule has 0 amide bonds. The summed E-state index contributed by atoms with van der Waals surface area (Å²) >= 11 is 0. The van der Waals surface area contributed by atoms with Gasteiger partial charge in [0, 0.05) is 12.0 Å². The number of aliphatic hydroxyl groups excluding tert-OH is 1. The quantitative estimate of drug-likeness (QED) is 0.244. The summed E-state index contributed by atoms with van der Waals surface area (Å²) in [6, 6.07) is 0. The van der Waals surface area contributed by atoms with Crippen LogP contribution in [0.4, 0.5) is 0 Å². The molecule has 0 fully saturated rings. The Morgan fingerprint density at radius 3 is 2.36 bits per heavy atom. The number of aliphatic carboxylic acids is 2. The number of carboxylic acids is 2. The van der Waals surface area contributed by atoms with Crippen LogP contribution in [0.15, 0.2) is 23.5 Å². The van der Waals surface area contributed by atoms with Crippen LogP contribution in [0.25, 0.3) is 0 Å². The summed E-state index contributed by atoms with van der Waals surface area (Å²) in [4.78, 5) is 39.4. The first-order valence-electron chi connectivity index (χ1n) is 5.97. The Kier molecular flexibility index (Phi) is 5.86. The molecule has 5 N–H and O–H groups in total. The highest BCUT2D eigenvalue weighted by Crippen LogP contribution is 2.41. The van der Waals surface area contributed by atoms with E-state index >= 15 is 0 Å². The van der Waals surface area contributed by atoms with E-state index < -0.39 is 50.3 Å². The number of hydrogen-bond acceptors (Lipinski definition) is 6. The third kappa shape index (κ3) is 4.93. The number of aliphatic hydroxyl groups is 1. The van der Waals surface area contributed by atoms with Crippen LogP contribution in [-0.4, -0.2) is 55.4 Å². The van der Waals surface area contributed by atoms with Crippen LogP contribution in [0.2, 0.25) is 0 Å². The molecule has 124 valence electrons. The number of carboxylic acid groups (broad SMARTS) is 2. The van der Waals surface area contributed by atoms with Crippen molar-refractivity contribution in [1.29, 1.82) is 0 Å². The average molecular weight is 338 g/mol. The first-order chi connectivity index (χ1) is 10.0. The maximum atomic E-state index is 11.0. The van der Waals surface area contributed by atoms with E-state index in [2.05, 4.69) is 4.52 Å². The second-order valence-electron chi connectivity index (χ2n) is 4.37. The number of phosphoric ester groups is 1. The van der Waals surface area contributed by atoms with Gasteiger partial charge in [-0.1, -0.05) is 0 Å². The summed E-state index contributed by atoms with van der Waals surface area (Å²) in [6.45, 7) is 1.35. The van der Waals surface area contributed by atoms with E-state index in [4.69, 9.17) is 24.7 Å². The second-order valence-corrected chi connectivity index (χ2v) is 5.56. The molecule has 0 heterocycles. The van der Waals surface area contributed by atoms with E-state index in [0.717, 1.165) is 12.2 Å². The highest BCUT2D eigenvalue weighted by atomic mass is 31.2. The number of ether oxygens (including phenoxy) is 1. The summed E-state index contributed by atoms with van der Waals surface area (Å²) in [6.07, 6.45) is -3.09. The Morgan fingerprint density at radius 1 is 1.36 bits per heavy atom. The van der Waals surface area contributed by atoms with E-state index in [1.165, 1.54) is 6.92 Å². The fourth-order valence-corrected chi connectivity index (χ4v) is 2.39. The first-order valence-corrected chi connectivity index (χ1v) is 7.50. The molecule has 0 aromatic rings. The van der Waals surface area contributed by atoms with Gasteiger partial charge < -0.3 is 29.8 Å². The van der Waals surface area contributed by atoms with Gasteiger partial charge in [0.25, 0.3) is 0 Å². The molecule has 0 bridgehead atoms. The van der Waals surface area contributed by atoms with Crippen LogP contribution < -0.4 is 0 Å². The maximum absolute atomic E-state index is 11.0. The van der Waals surface area contributed by atoms with Crippen LogP contribution in [0.3, 0.4) is 0 Å². The van der Waals surface area contributed by atoms with Crippen LogP contribution in [0.5, 0.6) is 0 Å². The summed E-state index contributed by atoms with van der Waals surface area (Å²) in [7, 11) is -4.98. The number of rotatable bonds is 6. The minimum absolute atomic E-state index is 0.324. The molecule has 10 nitrogen and oxygen atoms in total. The summed E-state index contributed by atoms with van der Waals surface area (Å²) in [5.41, 5.74) is -0.324. The largest absolute Gasteiger partial charge is 0.478 e. The van der Waals surface area contributed by atoms with E-state index in [0.29, 0.717) is 0 Å². The zero-order chi connectivity index (χ0) is 17.1. The summed E-state index contributed by atoms with van der Waals surface area (Å²) in [5.74, 6) is -3.41. The van der Waals surface area contributed by atoms with E-state index in [1.807, 2.05) is 0 Å². The van der Waals surface area contributed by atoms with Gasteiger partial charge in [0.2, 0.25) is 5.76 Å². The molecule has 0 unspecified atom stereocenters. The Morgan fingerprint density at radius 2 is 1.95 bits per heavy atom. The summed E-state index contributed by atoms with van der Waals surface area (Å²) < 4.78 is 20.2. The lowest BCUT2D eigenvalue weighted by molar-refractivity contribution is -0.140. The fourth-order valence-electron chi connectivity index (χ4n) is 1.84. The highest BCUT2D eigenvalue weighted by Gasteiger charge is 2.40. The third-order valence-electron chi connectivity index (χ3n) is 2.79. The predicted molar refractivity (Wildman–Crippen MR) is 69.5 cm³/mol. The van der Waals surface area contributed by atoms with Crippen molar-refractivity contribution in [2.75, 3.05) is 0 Å². The predicted octanol–water partition coefficient (Wildman–Crippen LogP) is -0.387. The molecule has 0 aromatic heterocycles. The zero-order valence-electron chi connectivity index (χ0n) is 11.3. The maximum Gasteiger partial charge on any atom is 0.469 e. The molecule has 0 aromatic carbocycles. The van der Waals surface area contributed by atoms with Crippen molar-refractivity contribution in [1.82, 2.24) is 0 Å². The van der Waals surface area contributed by atoms with Gasteiger partial charge in [0.05, 0.1) is 0 Å². The van der Waals surface area contributed by atoms with Crippen molar-refractivity contribution in [2.24, 2.45) is 0 Å². The first kappa shape index (κ1) is 18.3. The van der Waals surface area contributed by atoms with Crippen LogP contribution in [-0.2, 0) is 23.4 Å². The standard InChI is InChI=1S/C11H15O10P/c1-2-6(11(15)16)20-7-3-5(10(13)14)4-8(9(7)12)21-22(17,18)19/h2-3,7-9,12H,4H2,1H3,(H,13,14)(H,15,16)(H2,17,18,19)/b6-2-/t7-,8-,9+/m1/s1. The van der Waals surface area contributed by atoms with Crippen molar-refractivity contribution in [2.45, 2.75) is 31.7 Å². The molecule has 0 spiro atoms. The lowest BCUT2D eigenvalue weighted by Crippen LogP contribution is -2.43. The minimum atomic E-state index is -4.98. The Bertz CT molecular complexity index is 559. The molecule has 0 aliphatic heterocycles. The minimum Gasteiger partial charge on any atom is -0.478 e. The SMILES string of the molecule is C/C=C(\O[C@@H]1C=C(C(=O)O)C[C@@H](OP(=O)(O)O)[C@H]1O)C(=O)O. The van der Waals surface area contributed by atoms with Crippen LogP contribution >= 0.6 is 7.82 Å². The monoisotopic (exact) mass is 338 g/mol. The molecular weight excluding hydrogens is 323 g/mol. The molecule has 1 rings (SSSR count). The molecule has 0 saturated heterocycles. The molecule has 1 aliphatic rings. The average Bonchev–Trinajstić information content (AvgIpc) is 2.37. The lowest BCUT2D eigenvalue weighted by Gasteiger charge is -2.32. The van der Waals surface area contributed by atoms with E-state index in [9.17, 15) is 19.3 Å². The molecule has 22 heavy (non-hydrogen) atoms. The zero-order valence-corrected chi connectivity index (χ0v) is 12.2. The Labute approximate surface area is 124 Å². The molecular formula is C11H15O10P. The third-order valence-corrected chi connectivity index (χ3v) is 3.33. The van der Waals surface area contributed by atoms with Gasteiger partial charge in [0.1, 0.15) is 18.3 Å². The van der Waals surface area contributed by atoms with Crippen molar-refractivity contribution >= 4 is 19.8 Å². The summed E-state index contributed by atoms with van der Waals surface area (Å²) in [5, 5.41) is 27.8. The van der Waals surface area contributed by atoms with Gasteiger partial charge in [-0.05, 0) is 19.1 Å². The number of carbonyl (C=O) groups is 2. The Balaban J connectivity index is 3.07. The van der Waals surface area contributed by atoms with Crippen molar-refractivity contribution in [3.63, 3.8) is 0 Å². The van der Waals surface area contributed by atoms with Gasteiger partial charge in [-0.25, -0.2) is 14.2 Å². The van der Waals surface area contributed by atoms with Crippen molar-refractivity contribution in [3.8, 4) is 0 Å². The second kappa shape index (κ2) is 7.03. The van der Waals surface area contributed by atoms with Gasteiger partial charge >= 0.3 is 19.8 Å². The van der Waals surface area contributed by atoms with E-state index in [-0.39, 0.29) is 5.57 Å². The molecule has 3 atom stereocenters. The van der Waals surface area contributed by atoms with Gasteiger partial charge in [-0.15, -0.1) is 0 Å². The molecule has 11 heteroatoms. The number of phosphoric acid groups is 1.